The normalized spacial score (nSPS) is 10.6. The van der Waals surface area contributed by atoms with E-state index < -0.39 is 0 Å². The number of benzene rings is 3. The van der Waals surface area contributed by atoms with E-state index in [1.165, 1.54) is 0 Å². The van der Waals surface area contributed by atoms with Gasteiger partial charge in [-0.15, -0.1) is 0 Å². The zero-order valence-electron chi connectivity index (χ0n) is 18.2. The van der Waals surface area contributed by atoms with Crippen molar-refractivity contribution in [1.82, 2.24) is 9.78 Å². The Balaban J connectivity index is 1.47. The second-order valence-electron chi connectivity index (χ2n) is 7.65. The minimum absolute atomic E-state index is 0.189. The van der Waals surface area contributed by atoms with E-state index in [-0.39, 0.29) is 11.8 Å². The Kier molecular flexibility index (Phi) is 5.85. The number of carbonyl (C=O) groups excluding carboxylic acids is 2. The Bertz CT molecular complexity index is 1280. The number of aromatic nitrogens is 2. The number of aryl methyl sites for hydroxylation is 2. The molecule has 0 atom stereocenters. The van der Waals surface area contributed by atoms with Gasteiger partial charge < -0.3 is 10.6 Å². The van der Waals surface area contributed by atoms with E-state index in [1.54, 1.807) is 30.3 Å². The number of amides is 2. The molecule has 6 heteroatoms. The molecule has 6 nitrogen and oxygen atoms in total. The molecule has 0 saturated carbocycles. The predicted octanol–water partition coefficient (Wildman–Crippen LogP) is 5.30. The van der Waals surface area contributed by atoms with Crippen LogP contribution in [0.3, 0.4) is 0 Å². The third-order valence-electron chi connectivity index (χ3n) is 5.22. The Labute approximate surface area is 186 Å². The summed E-state index contributed by atoms with van der Waals surface area (Å²) in [5.41, 5.74) is 5.94. The highest BCUT2D eigenvalue weighted by atomic mass is 16.2. The maximum atomic E-state index is 12.8. The standard InChI is InChI=1S/C26H24N4O2/c1-17-8-7-9-21(16-17)26(32)27-22-14-12-20(13-15-22)25(31)28-24-18(2)29-30(19(24)3)23-10-5-4-6-11-23/h4-16H,1-3H3,(H,27,32)(H,28,31). The molecule has 0 fully saturated rings. The van der Waals surface area contributed by atoms with Gasteiger partial charge in [-0.2, -0.15) is 5.10 Å². The minimum atomic E-state index is -0.236. The van der Waals surface area contributed by atoms with Gasteiger partial charge in [0.05, 0.1) is 22.8 Å². The van der Waals surface area contributed by atoms with E-state index in [4.69, 9.17) is 0 Å². The summed E-state index contributed by atoms with van der Waals surface area (Å²) in [5, 5.41) is 10.4. The average Bonchev–Trinajstić information content (AvgIpc) is 3.08. The van der Waals surface area contributed by atoms with Gasteiger partial charge in [0.15, 0.2) is 0 Å². The number of hydrogen-bond acceptors (Lipinski definition) is 3. The van der Waals surface area contributed by atoms with Crippen LogP contribution in [0.2, 0.25) is 0 Å². The molecule has 0 radical (unpaired) electrons. The van der Waals surface area contributed by atoms with E-state index in [0.29, 0.717) is 22.5 Å². The Morgan fingerprint density at radius 2 is 1.44 bits per heavy atom. The Morgan fingerprint density at radius 3 is 2.12 bits per heavy atom. The number of anilines is 2. The van der Waals surface area contributed by atoms with Crippen molar-refractivity contribution in [1.29, 1.82) is 0 Å². The summed E-state index contributed by atoms with van der Waals surface area (Å²) < 4.78 is 1.81. The van der Waals surface area contributed by atoms with E-state index in [2.05, 4.69) is 15.7 Å². The first kappa shape index (κ1) is 21.1. The number of nitrogens with zero attached hydrogens (tertiary/aromatic N) is 2. The molecule has 4 aromatic rings. The number of rotatable bonds is 5. The summed E-state index contributed by atoms with van der Waals surface area (Å²) in [6.45, 7) is 5.73. The third-order valence-corrected chi connectivity index (χ3v) is 5.22. The van der Waals surface area contributed by atoms with Crippen molar-refractivity contribution in [2.75, 3.05) is 10.6 Å². The molecule has 1 aromatic heterocycles. The summed E-state index contributed by atoms with van der Waals surface area (Å²) in [5.74, 6) is -0.425. The summed E-state index contributed by atoms with van der Waals surface area (Å²) in [4.78, 5) is 25.2. The van der Waals surface area contributed by atoms with Gasteiger partial charge in [-0.25, -0.2) is 4.68 Å². The quantitative estimate of drug-likeness (QED) is 0.456. The highest BCUT2D eigenvalue weighted by Crippen LogP contribution is 2.23. The van der Waals surface area contributed by atoms with Gasteiger partial charge in [-0.05, 0) is 69.3 Å². The lowest BCUT2D eigenvalue weighted by Crippen LogP contribution is -2.14. The molecule has 1 heterocycles. The van der Waals surface area contributed by atoms with Crippen molar-refractivity contribution in [2.45, 2.75) is 20.8 Å². The van der Waals surface area contributed by atoms with Crippen LogP contribution in [0.5, 0.6) is 0 Å². The fourth-order valence-electron chi connectivity index (χ4n) is 3.52. The minimum Gasteiger partial charge on any atom is -0.322 e. The van der Waals surface area contributed by atoms with Gasteiger partial charge in [0.2, 0.25) is 0 Å². The monoisotopic (exact) mass is 424 g/mol. The first-order chi connectivity index (χ1) is 15.4. The van der Waals surface area contributed by atoms with Crippen molar-refractivity contribution in [3.05, 3.63) is 107 Å². The van der Waals surface area contributed by atoms with Crippen LogP contribution in [0.1, 0.15) is 37.7 Å². The van der Waals surface area contributed by atoms with Crippen LogP contribution in [0.15, 0.2) is 78.9 Å². The van der Waals surface area contributed by atoms with Gasteiger partial charge in [-0.1, -0.05) is 35.9 Å². The number of para-hydroxylation sites is 1. The van der Waals surface area contributed by atoms with Gasteiger partial charge in [0.25, 0.3) is 11.8 Å². The molecule has 4 rings (SSSR count). The maximum absolute atomic E-state index is 12.8. The van der Waals surface area contributed by atoms with Crippen LogP contribution in [-0.4, -0.2) is 21.6 Å². The lowest BCUT2D eigenvalue weighted by atomic mass is 10.1. The van der Waals surface area contributed by atoms with Crippen LogP contribution in [0.25, 0.3) is 5.69 Å². The molecule has 0 aliphatic carbocycles. The van der Waals surface area contributed by atoms with Crippen molar-refractivity contribution in [2.24, 2.45) is 0 Å². The van der Waals surface area contributed by atoms with Gasteiger partial charge in [0, 0.05) is 16.8 Å². The Morgan fingerprint density at radius 1 is 0.750 bits per heavy atom. The van der Waals surface area contributed by atoms with Crippen LogP contribution in [0, 0.1) is 20.8 Å². The highest BCUT2D eigenvalue weighted by Gasteiger charge is 2.16. The van der Waals surface area contributed by atoms with Crippen molar-refractivity contribution < 1.29 is 9.59 Å². The molecular weight excluding hydrogens is 400 g/mol. The van der Waals surface area contributed by atoms with E-state index >= 15 is 0 Å². The van der Waals surface area contributed by atoms with Crippen LogP contribution < -0.4 is 10.6 Å². The molecule has 2 amide bonds. The molecule has 160 valence electrons. The SMILES string of the molecule is Cc1cccc(C(=O)Nc2ccc(C(=O)Nc3c(C)nn(-c4ccccc4)c3C)cc2)c1. The fraction of sp³-hybridized carbons (Fsp3) is 0.115. The fourth-order valence-corrected chi connectivity index (χ4v) is 3.52. The zero-order chi connectivity index (χ0) is 22.7. The summed E-state index contributed by atoms with van der Waals surface area (Å²) >= 11 is 0. The molecule has 0 saturated heterocycles. The molecule has 0 aliphatic heterocycles. The first-order valence-electron chi connectivity index (χ1n) is 10.3. The predicted molar refractivity (Wildman–Crippen MR) is 127 cm³/mol. The molecule has 3 aromatic carbocycles. The summed E-state index contributed by atoms with van der Waals surface area (Å²) in [6, 6.07) is 24.0. The molecule has 0 bridgehead atoms. The largest absolute Gasteiger partial charge is 0.322 e. The first-order valence-corrected chi connectivity index (χ1v) is 10.3. The highest BCUT2D eigenvalue weighted by molar-refractivity contribution is 6.06. The number of carbonyl (C=O) groups is 2. The number of nitrogens with one attached hydrogen (secondary N) is 2. The molecule has 0 spiro atoms. The lowest BCUT2D eigenvalue weighted by Gasteiger charge is -2.09. The summed E-state index contributed by atoms with van der Waals surface area (Å²) in [7, 11) is 0. The van der Waals surface area contributed by atoms with E-state index in [1.807, 2.05) is 74.0 Å². The smallest absolute Gasteiger partial charge is 0.255 e. The lowest BCUT2D eigenvalue weighted by molar-refractivity contribution is 0.102. The second-order valence-corrected chi connectivity index (χ2v) is 7.65. The van der Waals surface area contributed by atoms with Gasteiger partial charge >= 0.3 is 0 Å². The zero-order valence-corrected chi connectivity index (χ0v) is 18.2. The second kappa shape index (κ2) is 8.89. The van der Waals surface area contributed by atoms with Crippen molar-refractivity contribution in [3.63, 3.8) is 0 Å². The molecular formula is C26H24N4O2. The van der Waals surface area contributed by atoms with Crippen LogP contribution in [0.4, 0.5) is 11.4 Å². The van der Waals surface area contributed by atoms with Crippen molar-refractivity contribution in [3.8, 4) is 5.69 Å². The summed E-state index contributed by atoms with van der Waals surface area (Å²) in [6.07, 6.45) is 0. The molecule has 32 heavy (non-hydrogen) atoms. The maximum Gasteiger partial charge on any atom is 0.255 e. The van der Waals surface area contributed by atoms with E-state index in [9.17, 15) is 9.59 Å². The molecule has 0 aliphatic rings. The molecule has 2 N–H and O–H groups in total. The number of hydrogen-bond donors (Lipinski definition) is 2. The van der Waals surface area contributed by atoms with Gasteiger partial charge in [-0.3, -0.25) is 9.59 Å². The average molecular weight is 425 g/mol. The van der Waals surface area contributed by atoms with Crippen molar-refractivity contribution >= 4 is 23.2 Å². The van der Waals surface area contributed by atoms with Gasteiger partial charge in [0.1, 0.15) is 0 Å². The van der Waals surface area contributed by atoms with Crippen LogP contribution in [-0.2, 0) is 0 Å². The molecule has 0 unspecified atom stereocenters. The Hall–Kier alpha value is -4.19. The third kappa shape index (κ3) is 4.44. The van der Waals surface area contributed by atoms with Crippen LogP contribution >= 0.6 is 0 Å². The topological polar surface area (TPSA) is 76.0 Å². The van der Waals surface area contributed by atoms with E-state index in [0.717, 1.165) is 22.6 Å².